The molecule has 3 nitrogen and oxygen atoms in total. The van der Waals surface area contributed by atoms with Gasteiger partial charge in [0.2, 0.25) is 0 Å². The normalized spacial score (nSPS) is 29.0. The SMILES string of the molecule is O=C1C(C(F)(F)F)=CC(O)(C(F)(F)F)N1C1CCCCC1. The Bertz CT molecular complexity index is 463. The second-order valence-electron chi connectivity index (χ2n) is 5.25. The summed E-state index contributed by atoms with van der Waals surface area (Å²) in [5.74, 6) is -1.81. The Morgan fingerprint density at radius 2 is 1.62 bits per heavy atom. The summed E-state index contributed by atoms with van der Waals surface area (Å²) in [5, 5.41) is 9.75. The first-order valence-electron chi connectivity index (χ1n) is 6.41. The van der Waals surface area contributed by atoms with E-state index in [9.17, 15) is 36.2 Å². The Hall–Kier alpha value is -1.25. The zero-order chi connectivity index (χ0) is 16.1. The molecule has 0 bridgehead atoms. The molecule has 2 rings (SSSR count). The monoisotopic (exact) mass is 317 g/mol. The van der Waals surface area contributed by atoms with Crippen LogP contribution in [-0.4, -0.2) is 40.0 Å². The number of hydrogen-bond donors (Lipinski definition) is 1. The molecule has 1 unspecified atom stereocenters. The van der Waals surface area contributed by atoms with Crippen LogP contribution < -0.4 is 0 Å². The molecule has 9 heteroatoms. The van der Waals surface area contributed by atoms with Crippen LogP contribution in [-0.2, 0) is 4.79 Å². The number of nitrogens with zero attached hydrogens (tertiary/aromatic N) is 1. The number of rotatable bonds is 1. The lowest BCUT2D eigenvalue weighted by atomic mass is 9.93. The summed E-state index contributed by atoms with van der Waals surface area (Å²) in [4.78, 5) is 11.7. The predicted molar refractivity (Wildman–Crippen MR) is 58.9 cm³/mol. The Labute approximate surface area is 116 Å². The molecule has 0 aromatic heterocycles. The highest BCUT2D eigenvalue weighted by atomic mass is 19.4. The number of amides is 1. The van der Waals surface area contributed by atoms with Crippen molar-refractivity contribution in [3.05, 3.63) is 11.6 Å². The molecule has 0 aromatic carbocycles. The van der Waals surface area contributed by atoms with Crippen molar-refractivity contribution < 1.29 is 36.2 Å². The van der Waals surface area contributed by atoms with Crippen LogP contribution in [0.15, 0.2) is 11.6 Å². The smallest absolute Gasteiger partial charge is 0.360 e. The number of alkyl halides is 6. The molecule has 1 aliphatic carbocycles. The molecule has 0 radical (unpaired) electrons. The van der Waals surface area contributed by atoms with Crippen LogP contribution in [0, 0.1) is 0 Å². The minimum absolute atomic E-state index is 0.0466. The van der Waals surface area contributed by atoms with Gasteiger partial charge < -0.3 is 5.11 Å². The average Bonchev–Trinajstić information content (AvgIpc) is 2.63. The largest absolute Gasteiger partial charge is 0.440 e. The van der Waals surface area contributed by atoms with Crippen molar-refractivity contribution in [2.45, 2.75) is 56.2 Å². The lowest BCUT2D eigenvalue weighted by Crippen LogP contribution is -2.60. The molecule has 1 atom stereocenters. The van der Waals surface area contributed by atoms with Gasteiger partial charge in [-0.05, 0) is 18.9 Å². The first-order chi connectivity index (χ1) is 9.48. The van der Waals surface area contributed by atoms with E-state index < -0.39 is 41.7 Å². The third-order valence-electron chi connectivity index (χ3n) is 3.82. The Kier molecular flexibility index (Phi) is 3.76. The standard InChI is InChI=1S/C12H13F6NO2/c13-11(14,15)8-6-10(21,12(16,17)18)19(9(8)20)7-4-2-1-3-5-7/h6-7,21H,1-5H2. The minimum atomic E-state index is -5.40. The number of carbonyl (C=O) groups is 1. The molecule has 1 aliphatic heterocycles. The molecule has 120 valence electrons. The van der Waals surface area contributed by atoms with E-state index in [1.54, 1.807) is 0 Å². The van der Waals surface area contributed by atoms with Crippen molar-refractivity contribution in [2.24, 2.45) is 0 Å². The maximum Gasteiger partial charge on any atom is 0.440 e. The van der Waals surface area contributed by atoms with Gasteiger partial charge in [-0.3, -0.25) is 9.69 Å². The summed E-state index contributed by atoms with van der Waals surface area (Å²) in [5.41, 5.74) is -5.86. The highest BCUT2D eigenvalue weighted by Gasteiger charge is 2.66. The second-order valence-corrected chi connectivity index (χ2v) is 5.25. The lowest BCUT2D eigenvalue weighted by molar-refractivity contribution is -0.290. The van der Waals surface area contributed by atoms with Crippen molar-refractivity contribution in [2.75, 3.05) is 0 Å². The fourth-order valence-corrected chi connectivity index (χ4v) is 2.82. The van der Waals surface area contributed by atoms with E-state index in [1.807, 2.05) is 0 Å². The van der Waals surface area contributed by atoms with Gasteiger partial charge in [-0.25, -0.2) is 0 Å². The van der Waals surface area contributed by atoms with Crippen molar-refractivity contribution >= 4 is 5.91 Å². The molecule has 1 saturated carbocycles. The average molecular weight is 317 g/mol. The number of aliphatic hydroxyl groups is 1. The molecule has 1 fully saturated rings. The van der Waals surface area contributed by atoms with Crippen LogP contribution in [0.1, 0.15) is 32.1 Å². The van der Waals surface area contributed by atoms with Crippen molar-refractivity contribution in [3.63, 3.8) is 0 Å². The molecule has 1 heterocycles. The number of hydrogen-bond acceptors (Lipinski definition) is 2. The van der Waals surface area contributed by atoms with Crippen molar-refractivity contribution in [1.82, 2.24) is 4.90 Å². The summed E-state index contributed by atoms with van der Waals surface area (Å²) in [6, 6.07) is -1.05. The molecule has 0 aromatic rings. The molecule has 1 amide bonds. The third-order valence-corrected chi connectivity index (χ3v) is 3.82. The quantitative estimate of drug-likeness (QED) is 0.756. The van der Waals surface area contributed by atoms with E-state index in [-0.39, 0.29) is 17.7 Å². The Balaban J connectivity index is 2.45. The molecule has 2 aliphatic rings. The van der Waals surface area contributed by atoms with Crippen LogP contribution in [0.4, 0.5) is 26.3 Å². The summed E-state index contributed by atoms with van der Waals surface area (Å²) >= 11 is 0. The summed E-state index contributed by atoms with van der Waals surface area (Å²) in [6.45, 7) is 0. The van der Waals surface area contributed by atoms with Gasteiger partial charge in [-0.15, -0.1) is 0 Å². The lowest BCUT2D eigenvalue weighted by Gasteiger charge is -2.41. The Morgan fingerprint density at radius 3 is 2.05 bits per heavy atom. The number of halogens is 6. The maximum absolute atomic E-state index is 13.0. The van der Waals surface area contributed by atoms with Gasteiger partial charge >= 0.3 is 12.4 Å². The fraction of sp³-hybridized carbons (Fsp3) is 0.750. The molecule has 0 spiro atoms. The zero-order valence-electron chi connectivity index (χ0n) is 10.8. The van der Waals surface area contributed by atoms with Gasteiger partial charge in [0.25, 0.3) is 11.6 Å². The van der Waals surface area contributed by atoms with E-state index in [0.29, 0.717) is 12.8 Å². The van der Waals surface area contributed by atoms with Gasteiger partial charge in [0.05, 0.1) is 0 Å². The van der Waals surface area contributed by atoms with E-state index in [1.165, 1.54) is 0 Å². The highest BCUT2D eigenvalue weighted by Crippen LogP contribution is 2.46. The summed E-state index contributed by atoms with van der Waals surface area (Å²) in [7, 11) is 0. The van der Waals surface area contributed by atoms with Gasteiger partial charge in [-0.1, -0.05) is 19.3 Å². The first kappa shape index (κ1) is 16.1. The Morgan fingerprint density at radius 1 is 1.10 bits per heavy atom. The van der Waals surface area contributed by atoms with Crippen LogP contribution in [0.3, 0.4) is 0 Å². The molecule has 1 N–H and O–H groups in total. The number of carbonyl (C=O) groups excluding carboxylic acids is 1. The van der Waals surface area contributed by atoms with E-state index in [2.05, 4.69) is 0 Å². The molecule has 21 heavy (non-hydrogen) atoms. The van der Waals surface area contributed by atoms with E-state index >= 15 is 0 Å². The predicted octanol–water partition coefficient (Wildman–Crippen LogP) is 2.90. The fourth-order valence-electron chi connectivity index (χ4n) is 2.82. The van der Waals surface area contributed by atoms with Crippen LogP contribution >= 0.6 is 0 Å². The van der Waals surface area contributed by atoms with Crippen LogP contribution in [0.5, 0.6) is 0 Å². The van der Waals surface area contributed by atoms with Gasteiger partial charge in [0.1, 0.15) is 5.57 Å². The molecule has 0 saturated heterocycles. The van der Waals surface area contributed by atoms with Crippen LogP contribution in [0.25, 0.3) is 0 Å². The summed E-state index contributed by atoms with van der Waals surface area (Å²) < 4.78 is 77.2. The first-order valence-corrected chi connectivity index (χ1v) is 6.41. The second kappa shape index (κ2) is 4.89. The van der Waals surface area contributed by atoms with Gasteiger partial charge in [-0.2, -0.15) is 26.3 Å². The van der Waals surface area contributed by atoms with Crippen molar-refractivity contribution in [3.8, 4) is 0 Å². The van der Waals surface area contributed by atoms with Gasteiger partial charge in [0, 0.05) is 6.04 Å². The molecular formula is C12H13F6NO2. The highest BCUT2D eigenvalue weighted by molar-refractivity contribution is 5.98. The van der Waals surface area contributed by atoms with E-state index in [0.717, 1.165) is 6.42 Å². The zero-order valence-corrected chi connectivity index (χ0v) is 10.8. The third kappa shape index (κ3) is 2.63. The van der Waals surface area contributed by atoms with Crippen molar-refractivity contribution in [1.29, 1.82) is 0 Å². The minimum Gasteiger partial charge on any atom is -0.360 e. The van der Waals surface area contributed by atoms with Crippen LogP contribution in [0.2, 0.25) is 0 Å². The van der Waals surface area contributed by atoms with E-state index in [4.69, 9.17) is 0 Å². The summed E-state index contributed by atoms with van der Waals surface area (Å²) in [6.07, 6.45) is -9.01. The topological polar surface area (TPSA) is 40.5 Å². The maximum atomic E-state index is 13.0. The molecular weight excluding hydrogens is 304 g/mol. The van der Waals surface area contributed by atoms with Gasteiger partial charge in [0.15, 0.2) is 0 Å².